The molecular weight excluding hydrogens is 312 g/mol. The Labute approximate surface area is 119 Å². The van der Waals surface area contributed by atoms with E-state index in [1.165, 1.54) is 0 Å². The zero-order valence-electron chi connectivity index (χ0n) is 10.6. The summed E-state index contributed by atoms with van der Waals surface area (Å²) in [6, 6.07) is 5.17. The Bertz CT molecular complexity index is 581. The quantitative estimate of drug-likeness (QED) is 0.789. The van der Waals surface area contributed by atoms with Crippen molar-refractivity contribution >= 4 is 22.2 Å². The molecule has 0 aliphatic heterocycles. The van der Waals surface area contributed by atoms with Crippen molar-refractivity contribution in [3.05, 3.63) is 40.0 Å². The van der Waals surface area contributed by atoms with E-state index in [1.54, 1.807) is 18.2 Å². The van der Waals surface area contributed by atoms with Gasteiger partial charge in [-0.1, -0.05) is 34.9 Å². The molecule has 5 nitrogen and oxygen atoms in total. The van der Waals surface area contributed by atoms with E-state index in [1.807, 2.05) is 13.8 Å². The van der Waals surface area contributed by atoms with E-state index in [0.29, 0.717) is 23.0 Å². The Morgan fingerprint density at radius 2 is 2.26 bits per heavy atom. The minimum atomic E-state index is 0.180. The highest BCUT2D eigenvalue weighted by molar-refractivity contribution is 9.10. The van der Waals surface area contributed by atoms with Gasteiger partial charge < -0.3 is 9.26 Å². The Morgan fingerprint density at radius 1 is 1.47 bits per heavy atom. The summed E-state index contributed by atoms with van der Waals surface area (Å²) >= 11 is 3.28. The summed E-state index contributed by atoms with van der Waals surface area (Å²) in [6.45, 7) is 4.15. The first-order valence-electron chi connectivity index (χ1n) is 5.80. The van der Waals surface area contributed by atoms with Crippen LogP contribution in [0.3, 0.4) is 0 Å². The molecule has 19 heavy (non-hydrogen) atoms. The minimum absolute atomic E-state index is 0.180. The fraction of sp³-hybridized carbons (Fsp3) is 0.308. The number of hydrogen-bond acceptors (Lipinski definition) is 5. The molecule has 0 fully saturated rings. The molecule has 0 aliphatic rings. The van der Waals surface area contributed by atoms with E-state index in [9.17, 15) is 4.79 Å². The molecule has 2 rings (SSSR count). The second-order valence-corrected chi connectivity index (χ2v) is 5.15. The van der Waals surface area contributed by atoms with E-state index in [0.717, 1.165) is 10.8 Å². The average molecular weight is 325 g/mol. The van der Waals surface area contributed by atoms with E-state index >= 15 is 0 Å². The average Bonchev–Trinajstić information content (AvgIpc) is 2.87. The Kier molecular flexibility index (Phi) is 4.31. The van der Waals surface area contributed by atoms with Gasteiger partial charge in [0.05, 0.1) is 0 Å². The molecule has 1 heterocycles. The van der Waals surface area contributed by atoms with E-state index in [-0.39, 0.29) is 12.5 Å². The summed E-state index contributed by atoms with van der Waals surface area (Å²) in [5.74, 6) is 1.86. The molecule has 0 spiro atoms. The van der Waals surface area contributed by atoms with Gasteiger partial charge in [-0.15, -0.1) is 0 Å². The number of benzene rings is 1. The predicted molar refractivity (Wildman–Crippen MR) is 72.2 cm³/mol. The number of aldehydes is 1. The van der Waals surface area contributed by atoms with E-state index in [4.69, 9.17) is 9.26 Å². The first kappa shape index (κ1) is 13.7. The Morgan fingerprint density at radius 3 is 2.89 bits per heavy atom. The largest absolute Gasteiger partial charge is 0.484 e. The molecule has 0 N–H and O–H groups in total. The number of carbonyl (C=O) groups is 1. The second kappa shape index (κ2) is 5.97. The highest BCUT2D eigenvalue weighted by atomic mass is 79.9. The molecule has 0 bridgehead atoms. The van der Waals surface area contributed by atoms with Gasteiger partial charge in [-0.05, 0) is 18.2 Å². The van der Waals surface area contributed by atoms with Gasteiger partial charge in [0.25, 0.3) is 5.89 Å². The van der Waals surface area contributed by atoms with Crippen LogP contribution in [0.5, 0.6) is 5.75 Å². The molecule has 1 aromatic heterocycles. The standard InChI is InChI=1S/C13H13BrN2O3/c1-8(2)13-15-12(19-16-13)7-18-10-3-4-11(14)9(5-10)6-17/h3-6,8H,7H2,1-2H3. The number of carbonyl (C=O) groups excluding carboxylic acids is 1. The summed E-state index contributed by atoms with van der Waals surface area (Å²) in [5, 5.41) is 3.85. The highest BCUT2D eigenvalue weighted by Crippen LogP contribution is 2.22. The van der Waals surface area contributed by atoms with Gasteiger partial charge in [0.15, 0.2) is 18.7 Å². The van der Waals surface area contributed by atoms with Crippen LogP contribution in [-0.2, 0) is 6.61 Å². The number of rotatable bonds is 5. The molecule has 0 saturated carbocycles. The van der Waals surface area contributed by atoms with Crippen LogP contribution in [0.1, 0.15) is 41.8 Å². The molecule has 0 saturated heterocycles. The maximum Gasteiger partial charge on any atom is 0.264 e. The molecular formula is C13H13BrN2O3. The van der Waals surface area contributed by atoms with Gasteiger partial charge in [0.1, 0.15) is 5.75 Å². The smallest absolute Gasteiger partial charge is 0.264 e. The van der Waals surface area contributed by atoms with Crippen LogP contribution >= 0.6 is 15.9 Å². The van der Waals surface area contributed by atoms with Crippen molar-refractivity contribution in [2.75, 3.05) is 0 Å². The monoisotopic (exact) mass is 324 g/mol. The van der Waals surface area contributed by atoms with Crippen LogP contribution < -0.4 is 4.74 Å². The molecule has 0 unspecified atom stereocenters. The fourth-order valence-electron chi connectivity index (χ4n) is 1.41. The lowest BCUT2D eigenvalue weighted by molar-refractivity contribution is 0.112. The maximum absolute atomic E-state index is 10.8. The lowest BCUT2D eigenvalue weighted by Crippen LogP contribution is -1.97. The third kappa shape index (κ3) is 3.41. The molecule has 6 heteroatoms. The van der Waals surface area contributed by atoms with Gasteiger partial charge in [0, 0.05) is 16.0 Å². The number of aromatic nitrogens is 2. The molecule has 1 aromatic carbocycles. The highest BCUT2D eigenvalue weighted by Gasteiger charge is 2.10. The van der Waals surface area contributed by atoms with Gasteiger partial charge in [-0.25, -0.2) is 0 Å². The number of halogens is 1. The maximum atomic E-state index is 10.8. The predicted octanol–water partition coefficient (Wildman–Crippen LogP) is 3.35. The molecule has 0 atom stereocenters. The first-order valence-corrected chi connectivity index (χ1v) is 6.59. The van der Waals surface area contributed by atoms with Crippen molar-refractivity contribution in [2.45, 2.75) is 26.4 Å². The second-order valence-electron chi connectivity index (χ2n) is 4.29. The van der Waals surface area contributed by atoms with Gasteiger partial charge >= 0.3 is 0 Å². The molecule has 100 valence electrons. The summed E-state index contributed by atoms with van der Waals surface area (Å²) in [5.41, 5.74) is 0.533. The van der Waals surface area contributed by atoms with E-state index < -0.39 is 0 Å². The van der Waals surface area contributed by atoms with Crippen molar-refractivity contribution in [1.29, 1.82) is 0 Å². The van der Waals surface area contributed by atoms with Crippen LogP contribution in [0.4, 0.5) is 0 Å². The van der Waals surface area contributed by atoms with Crippen molar-refractivity contribution in [3.8, 4) is 5.75 Å². The summed E-state index contributed by atoms with van der Waals surface area (Å²) < 4.78 is 11.3. The van der Waals surface area contributed by atoms with Crippen LogP contribution in [0.2, 0.25) is 0 Å². The number of hydrogen-bond donors (Lipinski definition) is 0. The topological polar surface area (TPSA) is 65.2 Å². The lowest BCUT2D eigenvalue weighted by atomic mass is 10.2. The number of ether oxygens (including phenoxy) is 1. The van der Waals surface area contributed by atoms with Gasteiger partial charge in [-0.2, -0.15) is 4.98 Å². The summed E-state index contributed by atoms with van der Waals surface area (Å²) in [7, 11) is 0. The van der Waals surface area contributed by atoms with Crippen molar-refractivity contribution in [1.82, 2.24) is 10.1 Å². The van der Waals surface area contributed by atoms with E-state index in [2.05, 4.69) is 26.1 Å². The number of nitrogens with zero attached hydrogens (tertiary/aromatic N) is 2. The van der Waals surface area contributed by atoms with Crippen molar-refractivity contribution < 1.29 is 14.1 Å². The van der Waals surface area contributed by atoms with Crippen LogP contribution in [0.25, 0.3) is 0 Å². The SMILES string of the molecule is CC(C)c1noc(COc2ccc(Br)c(C=O)c2)n1. The Balaban J connectivity index is 2.03. The zero-order valence-corrected chi connectivity index (χ0v) is 12.2. The van der Waals surface area contributed by atoms with Crippen molar-refractivity contribution in [2.24, 2.45) is 0 Å². The van der Waals surface area contributed by atoms with Crippen LogP contribution in [0, 0.1) is 0 Å². The molecule has 0 aliphatic carbocycles. The fourth-order valence-corrected chi connectivity index (χ4v) is 1.75. The first-order chi connectivity index (χ1) is 9.10. The summed E-state index contributed by atoms with van der Waals surface area (Å²) in [4.78, 5) is 15.0. The zero-order chi connectivity index (χ0) is 13.8. The van der Waals surface area contributed by atoms with Gasteiger partial charge in [0.2, 0.25) is 0 Å². The molecule has 0 radical (unpaired) electrons. The normalized spacial score (nSPS) is 10.7. The molecule has 0 amide bonds. The third-order valence-corrected chi connectivity index (χ3v) is 3.18. The lowest BCUT2D eigenvalue weighted by Gasteiger charge is -2.04. The Hall–Kier alpha value is -1.69. The van der Waals surface area contributed by atoms with Crippen LogP contribution in [-0.4, -0.2) is 16.4 Å². The van der Waals surface area contributed by atoms with Crippen molar-refractivity contribution in [3.63, 3.8) is 0 Å². The van der Waals surface area contributed by atoms with Gasteiger partial charge in [-0.3, -0.25) is 4.79 Å². The minimum Gasteiger partial charge on any atom is -0.484 e. The third-order valence-electron chi connectivity index (χ3n) is 2.46. The van der Waals surface area contributed by atoms with Crippen LogP contribution in [0.15, 0.2) is 27.2 Å². The molecule has 2 aromatic rings. The summed E-state index contributed by atoms with van der Waals surface area (Å²) in [6.07, 6.45) is 0.764.